The Hall–Kier alpha value is -2.29. The molecule has 0 aliphatic carbocycles. The van der Waals surface area contributed by atoms with Crippen molar-refractivity contribution in [1.82, 2.24) is 29.5 Å². The van der Waals surface area contributed by atoms with Crippen molar-refractivity contribution in [2.24, 2.45) is 5.41 Å². The lowest BCUT2D eigenvalue weighted by Gasteiger charge is -2.43. The van der Waals surface area contributed by atoms with E-state index in [-0.39, 0.29) is 0 Å². The zero-order valence-electron chi connectivity index (χ0n) is 19.9. The van der Waals surface area contributed by atoms with Crippen LogP contribution in [0.1, 0.15) is 61.6 Å². The molecule has 8 heteroatoms. The van der Waals surface area contributed by atoms with Crippen LogP contribution in [0.4, 0.5) is 0 Å². The molecule has 4 aromatic rings. The van der Waals surface area contributed by atoms with Crippen LogP contribution in [-0.4, -0.2) is 62.3 Å². The summed E-state index contributed by atoms with van der Waals surface area (Å²) in [6.07, 6.45) is 6.07. The quantitative estimate of drug-likeness (QED) is 0.451. The average molecular weight is 465 g/mol. The van der Waals surface area contributed by atoms with Gasteiger partial charge in [-0.25, -0.2) is 14.5 Å². The van der Waals surface area contributed by atoms with Gasteiger partial charge in [-0.15, -0.1) is 11.3 Å². The summed E-state index contributed by atoms with van der Waals surface area (Å²) in [5.41, 5.74) is 7.16. The second kappa shape index (κ2) is 7.89. The third-order valence-corrected chi connectivity index (χ3v) is 8.41. The predicted octanol–water partition coefficient (Wildman–Crippen LogP) is 4.98. The van der Waals surface area contributed by atoms with E-state index >= 15 is 0 Å². The van der Waals surface area contributed by atoms with Gasteiger partial charge >= 0.3 is 0 Å². The van der Waals surface area contributed by atoms with E-state index in [0.717, 1.165) is 60.8 Å². The van der Waals surface area contributed by atoms with Crippen molar-refractivity contribution in [3.8, 4) is 11.3 Å². The molecule has 2 fully saturated rings. The van der Waals surface area contributed by atoms with Gasteiger partial charge in [-0.3, -0.25) is 0 Å². The van der Waals surface area contributed by atoms with E-state index in [1.807, 2.05) is 15.9 Å². The number of nitrogens with zero attached hydrogens (tertiary/aromatic N) is 5. The van der Waals surface area contributed by atoms with Gasteiger partial charge in [0.1, 0.15) is 16.7 Å². The molecule has 0 spiro atoms. The molecule has 1 N–H and O–H groups in total. The highest BCUT2D eigenvalue weighted by atomic mass is 32.1. The number of H-pyrrole nitrogens is 1. The van der Waals surface area contributed by atoms with Gasteiger partial charge in [0.25, 0.3) is 0 Å². The Morgan fingerprint density at radius 1 is 1.27 bits per heavy atom. The Balaban J connectivity index is 1.27. The lowest BCUT2D eigenvalue weighted by atomic mass is 9.86. The van der Waals surface area contributed by atoms with E-state index in [9.17, 15) is 0 Å². The summed E-state index contributed by atoms with van der Waals surface area (Å²) in [4.78, 5) is 17.1. The highest BCUT2D eigenvalue weighted by Gasteiger charge is 2.36. The van der Waals surface area contributed by atoms with Crippen LogP contribution >= 0.6 is 11.3 Å². The van der Waals surface area contributed by atoms with Crippen molar-refractivity contribution in [1.29, 1.82) is 0 Å². The molecule has 174 valence electrons. The second-order valence-electron chi connectivity index (χ2n) is 10.6. The van der Waals surface area contributed by atoms with E-state index in [1.165, 1.54) is 28.2 Å². The van der Waals surface area contributed by atoms with E-state index in [0.29, 0.717) is 17.3 Å². The number of piperidine rings is 1. The molecule has 0 bridgehead atoms. The van der Waals surface area contributed by atoms with Gasteiger partial charge in [0.2, 0.25) is 0 Å². The van der Waals surface area contributed by atoms with Gasteiger partial charge in [0.15, 0.2) is 5.65 Å². The van der Waals surface area contributed by atoms with E-state index in [4.69, 9.17) is 9.72 Å². The van der Waals surface area contributed by atoms with Crippen LogP contribution in [0.5, 0.6) is 0 Å². The summed E-state index contributed by atoms with van der Waals surface area (Å²) in [6.45, 7) is 14.3. The largest absolute Gasteiger partial charge is 0.380 e. The van der Waals surface area contributed by atoms with E-state index < -0.39 is 0 Å². The molecule has 4 aromatic heterocycles. The van der Waals surface area contributed by atoms with Crippen LogP contribution in [0.25, 0.3) is 27.3 Å². The molecular weight excluding hydrogens is 432 g/mol. The van der Waals surface area contributed by atoms with Crippen molar-refractivity contribution in [3.63, 3.8) is 0 Å². The monoisotopic (exact) mass is 464 g/mol. The van der Waals surface area contributed by atoms with E-state index in [1.54, 1.807) is 6.33 Å². The first-order valence-corrected chi connectivity index (χ1v) is 12.8. The topological polar surface area (TPSA) is 71.3 Å². The number of hydrogen-bond donors (Lipinski definition) is 1. The summed E-state index contributed by atoms with van der Waals surface area (Å²) < 4.78 is 7.31. The summed E-state index contributed by atoms with van der Waals surface area (Å²) in [5, 5.41) is 5.66. The summed E-state index contributed by atoms with van der Waals surface area (Å²) in [6, 6.07) is 2.20. The van der Waals surface area contributed by atoms with Gasteiger partial charge in [0, 0.05) is 35.2 Å². The molecule has 6 rings (SSSR count). The Morgan fingerprint density at radius 2 is 2.06 bits per heavy atom. The van der Waals surface area contributed by atoms with Crippen LogP contribution in [-0.2, 0) is 4.74 Å². The van der Waals surface area contributed by atoms with Crippen molar-refractivity contribution < 1.29 is 4.74 Å². The summed E-state index contributed by atoms with van der Waals surface area (Å²) in [7, 11) is 0. The lowest BCUT2D eigenvalue weighted by molar-refractivity contribution is -0.116. The Kier molecular flexibility index (Phi) is 5.08. The molecular formula is C25H32N6OS. The minimum atomic E-state index is 0.361. The van der Waals surface area contributed by atoms with Crippen LogP contribution in [0.15, 0.2) is 18.6 Å². The Bertz CT molecular complexity index is 1310. The molecule has 0 amide bonds. The molecule has 0 saturated carbocycles. The first kappa shape index (κ1) is 21.3. The van der Waals surface area contributed by atoms with Crippen LogP contribution in [0.2, 0.25) is 0 Å². The third kappa shape index (κ3) is 3.68. The number of ether oxygens (including phenoxy) is 1. The number of aryl methyl sites for hydroxylation is 1. The molecule has 6 heterocycles. The van der Waals surface area contributed by atoms with Gasteiger partial charge in [0.05, 0.1) is 23.9 Å². The predicted molar refractivity (Wildman–Crippen MR) is 132 cm³/mol. The molecule has 33 heavy (non-hydrogen) atoms. The zero-order valence-corrected chi connectivity index (χ0v) is 20.7. The first-order valence-electron chi connectivity index (χ1n) is 12.0. The van der Waals surface area contributed by atoms with Crippen LogP contribution < -0.4 is 0 Å². The summed E-state index contributed by atoms with van der Waals surface area (Å²) in [5.74, 6) is 0.942. The Labute approximate surface area is 198 Å². The highest BCUT2D eigenvalue weighted by molar-refractivity contribution is 7.18. The standard InChI is InChI=1S/C25H32N6OS/c1-15(2)19-20(18-9-16(3)22-26-14-27-31(22)10-18)28-24-21(19)29-23(33-24)17-5-7-30(8-6-17)11-25(4)12-32-13-25/h9-10,14-15,17,28H,5-8,11-13H2,1-4H3. The fraction of sp³-hybridized carbons (Fsp3) is 0.560. The van der Waals surface area contributed by atoms with Crippen molar-refractivity contribution in [3.05, 3.63) is 34.7 Å². The third-order valence-electron chi connectivity index (χ3n) is 7.28. The van der Waals surface area contributed by atoms with Crippen molar-refractivity contribution in [2.45, 2.75) is 52.4 Å². The normalized spacial score (nSPS) is 19.7. The van der Waals surface area contributed by atoms with Gasteiger partial charge in [-0.05, 0) is 50.4 Å². The molecule has 2 saturated heterocycles. The van der Waals surface area contributed by atoms with Gasteiger partial charge < -0.3 is 14.6 Å². The van der Waals surface area contributed by atoms with Gasteiger partial charge in [-0.2, -0.15) is 5.10 Å². The molecule has 0 aromatic carbocycles. The van der Waals surface area contributed by atoms with Crippen molar-refractivity contribution >= 4 is 27.3 Å². The molecule has 0 atom stereocenters. The maximum atomic E-state index is 5.44. The molecule has 2 aliphatic rings. The second-order valence-corrected chi connectivity index (χ2v) is 11.6. The number of rotatable bonds is 5. The van der Waals surface area contributed by atoms with Gasteiger partial charge in [-0.1, -0.05) is 20.8 Å². The maximum absolute atomic E-state index is 5.44. The maximum Gasteiger partial charge on any atom is 0.158 e. The minimum absolute atomic E-state index is 0.361. The molecule has 2 aliphatic heterocycles. The Morgan fingerprint density at radius 3 is 2.76 bits per heavy atom. The molecule has 0 radical (unpaired) electrons. The van der Waals surface area contributed by atoms with Crippen LogP contribution in [0, 0.1) is 12.3 Å². The highest BCUT2D eigenvalue weighted by Crippen LogP contribution is 2.41. The molecule has 7 nitrogen and oxygen atoms in total. The number of likely N-dealkylation sites (tertiary alicyclic amines) is 1. The van der Waals surface area contributed by atoms with Crippen molar-refractivity contribution in [2.75, 3.05) is 32.8 Å². The summed E-state index contributed by atoms with van der Waals surface area (Å²) >= 11 is 1.85. The number of fused-ring (bicyclic) bond motifs is 2. The number of hydrogen-bond acceptors (Lipinski definition) is 6. The smallest absolute Gasteiger partial charge is 0.158 e. The number of nitrogens with one attached hydrogen (secondary N) is 1. The lowest BCUT2D eigenvalue weighted by Crippen LogP contribution is -2.50. The average Bonchev–Trinajstić information content (AvgIpc) is 3.47. The minimum Gasteiger partial charge on any atom is -0.380 e. The number of aromatic nitrogens is 5. The number of aromatic amines is 1. The fourth-order valence-corrected chi connectivity index (χ4v) is 6.67. The number of thiazole rings is 1. The van der Waals surface area contributed by atoms with Crippen LogP contribution in [0.3, 0.4) is 0 Å². The zero-order chi connectivity index (χ0) is 22.7. The number of pyridine rings is 1. The fourth-order valence-electron chi connectivity index (χ4n) is 5.52. The SMILES string of the molecule is Cc1cc(-c2[nH]c3sc(C4CCN(CC5(C)COC5)CC4)nc3c2C(C)C)cn2ncnc12. The first-order chi connectivity index (χ1) is 15.9. The van der Waals surface area contributed by atoms with E-state index in [2.05, 4.69) is 59.9 Å². The molecule has 0 unspecified atom stereocenters.